The molecule has 49 heavy (non-hydrogen) atoms. The molecule has 2 unspecified atom stereocenters. The van der Waals surface area contributed by atoms with E-state index < -0.39 is 20.3 Å². The summed E-state index contributed by atoms with van der Waals surface area (Å²) in [6.45, 7) is 18.8. The molecule has 1 saturated heterocycles. The van der Waals surface area contributed by atoms with E-state index in [9.17, 15) is 0 Å². The molecule has 2 aliphatic carbocycles. The molecule has 4 aromatic carbocycles. The Balaban J connectivity index is 0.00000234. The molecule has 1 heterocycles. The predicted octanol–water partition coefficient (Wildman–Crippen LogP) is 7.84. The van der Waals surface area contributed by atoms with Crippen LogP contribution in [0.25, 0.3) is 34.4 Å². The first-order chi connectivity index (χ1) is 22.7. The van der Waals surface area contributed by atoms with Gasteiger partial charge in [0.25, 0.3) is 0 Å². The van der Waals surface area contributed by atoms with E-state index >= 15 is 0 Å². The van der Waals surface area contributed by atoms with Crippen molar-refractivity contribution in [3.63, 3.8) is 0 Å². The second-order valence-corrected chi connectivity index (χ2v) is 26.7. The van der Waals surface area contributed by atoms with Crippen LogP contribution in [-0.4, -0.2) is 0 Å². The minimum Gasteiger partial charge on any atom is -1.00 e. The predicted molar refractivity (Wildman–Crippen MR) is 202 cm³/mol. The summed E-state index contributed by atoms with van der Waals surface area (Å²) >= 11 is -2.88. The number of halogens is 2. The molecular weight excluding hydrogens is 715 g/mol. The Bertz CT molecular complexity index is 1770. The van der Waals surface area contributed by atoms with Gasteiger partial charge in [-0.15, -0.1) is 0 Å². The molecule has 256 valence electrons. The van der Waals surface area contributed by atoms with Crippen LogP contribution in [0.5, 0.6) is 0 Å². The number of aryl methyl sites for hydroxylation is 4. The van der Waals surface area contributed by atoms with Gasteiger partial charge < -0.3 is 24.8 Å². The number of hydrogen-bond donors (Lipinski definition) is 0. The Morgan fingerprint density at radius 2 is 0.918 bits per heavy atom. The van der Waals surface area contributed by atoms with Gasteiger partial charge in [-0.3, -0.25) is 0 Å². The maximum absolute atomic E-state index is 2.88. The van der Waals surface area contributed by atoms with Crippen LogP contribution in [0.4, 0.5) is 0 Å². The van der Waals surface area contributed by atoms with E-state index in [1.807, 2.05) is 0 Å². The summed E-state index contributed by atoms with van der Waals surface area (Å²) in [6, 6.07) is 23.6. The van der Waals surface area contributed by atoms with Crippen molar-refractivity contribution in [1.82, 2.24) is 0 Å². The molecule has 0 bridgehead atoms. The minimum absolute atomic E-state index is 0. The molecule has 1 aliphatic heterocycles. The Kier molecular flexibility index (Phi) is 11.8. The summed E-state index contributed by atoms with van der Waals surface area (Å²) in [5.41, 5.74) is 24.7. The van der Waals surface area contributed by atoms with Crippen LogP contribution in [0.15, 0.2) is 71.8 Å². The number of benzene rings is 4. The maximum Gasteiger partial charge on any atom is -1.00 e. The van der Waals surface area contributed by atoms with Gasteiger partial charge in [0.1, 0.15) is 0 Å². The van der Waals surface area contributed by atoms with Gasteiger partial charge in [0.15, 0.2) is 0 Å². The van der Waals surface area contributed by atoms with Crippen molar-refractivity contribution < 1.29 is 45.1 Å². The third kappa shape index (κ3) is 6.67. The van der Waals surface area contributed by atoms with Gasteiger partial charge in [-0.2, -0.15) is 0 Å². The van der Waals surface area contributed by atoms with Crippen molar-refractivity contribution >= 4 is 12.2 Å². The number of hydrogen-bond acceptors (Lipinski definition) is 0. The van der Waals surface area contributed by atoms with Gasteiger partial charge in [0, 0.05) is 0 Å². The van der Waals surface area contributed by atoms with E-state index in [2.05, 4.69) is 128 Å². The molecule has 3 aliphatic rings. The van der Waals surface area contributed by atoms with E-state index in [1.54, 1.807) is 44.5 Å². The van der Waals surface area contributed by atoms with E-state index in [1.165, 1.54) is 91.3 Å². The van der Waals surface area contributed by atoms with Gasteiger partial charge in [0.05, 0.1) is 0 Å². The molecule has 0 saturated carbocycles. The number of allylic oxidation sites excluding steroid dienone is 2. The van der Waals surface area contributed by atoms with Crippen molar-refractivity contribution in [2.75, 3.05) is 0 Å². The van der Waals surface area contributed by atoms with Crippen molar-refractivity contribution in [1.29, 1.82) is 0 Å². The quantitative estimate of drug-likeness (QED) is 0.154. The monoisotopic (exact) mass is 766 g/mol. The smallest absolute Gasteiger partial charge is 1.00 e. The standard InChI is InChI=1S/2C22H25.C2H4.2ClH.Zr/c2*1-5-6-7-18-13-20-17(4)16(3)12-21(22(20)14-18)19-10-8-15(2)9-11-19;1-2;;;/h2*8-14H,5-7H2,1-4H3;1-2H2;2*1H;/q;;;;;+2/p-2. The fourth-order valence-corrected chi connectivity index (χ4v) is 27.2. The van der Waals surface area contributed by atoms with Crippen LogP contribution in [0.2, 0.25) is 8.26 Å². The SMILES string of the molecule is CCCCC1=Cc2c(-c3ccc(C)cc3)cc(C)c(C)c2[CH]1[Zr+2]1([CH]2C(CCCC)=Cc3c(-c4ccc(C)cc4)cc(C)c(C)c32)[CH2][CH2]1.[Cl-].[Cl-]. The van der Waals surface area contributed by atoms with Gasteiger partial charge >= 0.3 is 292 Å². The number of rotatable bonds is 10. The fraction of sp³-hybridized carbons (Fsp3) is 0.391. The fourth-order valence-electron chi connectivity index (χ4n) is 9.23. The molecule has 0 radical (unpaired) electrons. The molecule has 0 N–H and O–H groups in total. The van der Waals surface area contributed by atoms with Crippen molar-refractivity contribution in [3.8, 4) is 22.3 Å². The summed E-state index contributed by atoms with van der Waals surface area (Å²) in [4.78, 5) is 0. The summed E-state index contributed by atoms with van der Waals surface area (Å²) in [7, 11) is 0. The van der Waals surface area contributed by atoms with Gasteiger partial charge in [-0.1, -0.05) is 0 Å². The summed E-state index contributed by atoms with van der Waals surface area (Å²) in [5.74, 6) is 0. The van der Waals surface area contributed by atoms with Crippen LogP contribution in [0.3, 0.4) is 0 Å². The first-order valence-electron chi connectivity index (χ1n) is 18.5. The van der Waals surface area contributed by atoms with Crippen LogP contribution in [0, 0.1) is 41.5 Å². The van der Waals surface area contributed by atoms with E-state index in [0.717, 1.165) is 0 Å². The molecule has 0 nitrogen and oxygen atoms in total. The normalized spacial score (nSPS) is 17.6. The largest absolute Gasteiger partial charge is 1.00 e. The average molecular weight is 769 g/mol. The third-order valence-corrected chi connectivity index (χ3v) is 25.2. The van der Waals surface area contributed by atoms with Gasteiger partial charge in [-0.25, -0.2) is 0 Å². The Morgan fingerprint density at radius 3 is 1.24 bits per heavy atom. The van der Waals surface area contributed by atoms with Gasteiger partial charge in [-0.05, 0) is 0 Å². The third-order valence-electron chi connectivity index (χ3n) is 12.2. The summed E-state index contributed by atoms with van der Waals surface area (Å²) < 4.78 is 4.43. The summed E-state index contributed by atoms with van der Waals surface area (Å²) in [5, 5.41) is 0. The zero-order valence-electron chi connectivity index (χ0n) is 31.0. The second kappa shape index (κ2) is 15.2. The molecule has 4 aromatic rings. The maximum atomic E-state index is 2.72. The van der Waals surface area contributed by atoms with Crippen LogP contribution < -0.4 is 24.8 Å². The zero-order valence-corrected chi connectivity index (χ0v) is 35.0. The van der Waals surface area contributed by atoms with Crippen molar-refractivity contribution in [3.05, 3.63) is 127 Å². The molecular formula is C46H54Cl2Zr. The zero-order chi connectivity index (χ0) is 33.0. The number of fused-ring (bicyclic) bond motifs is 2. The topological polar surface area (TPSA) is 0 Å². The van der Waals surface area contributed by atoms with Crippen molar-refractivity contribution in [2.24, 2.45) is 0 Å². The molecule has 3 heteroatoms. The summed E-state index contributed by atoms with van der Waals surface area (Å²) in [6.07, 6.45) is 13.1. The van der Waals surface area contributed by atoms with E-state index in [4.69, 9.17) is 0 Å². The van der Waals surface area contributed by atoms with E-state index in [0.29, 0.717) is 7.25 Å². The Labute approximate surface area is 314 Å². The van der Waals surface area contributed by atoms with Crippen LogP contribution in [-0.2, 0) is 20.3 Å². The molecule has 0 amide bonds. The van der Waals surface area contributed by atoms with Crippen LogP contribution >= 0.6 is 0 Å². The molecule has 0 aromatic heterocycles. The van der Waals surface area contributed by atoms with Gasteiger partial charge in [0.2, 0.25) is 0 Å². The average Bonchev–Trinajstić information content (AvgIpc) is 3.61. The second-order valence-electron chi connectivity index (χ2n) is 15.4. The first-order valence-corrected chi connectivity index (χ1v) is 24.8. The molecule has 0 spiro atoms. The van der Waals surface area contributed by atoms with Crippen molar-refractivity contribution in [2.45, 2.75) is 109 Å². The number of unbranched alkanes of at least 4 members (excludes halogenated alkanes) is 2. The van der Waals surface area contributed by atoms with Crippen LogP contribution in [0.1, 0.15) is 115 Å². The Hall–Kier alpha value is -2.18. The Morgan fingerprint density at radius 1 is 0.551 bits per heavy atom. The molecule has 7 rings (SSSR count). The molecule has 2 atom stereocenters. The minimum atomic E-state index is -2.88. The first kappa shape index (κ1) is 38.1. The van der Waals surface area contributed by atoms with E-state index in [-0.39, 0.29) is 24.8 Å². The molecule has 1 fully saturated rings.